The quantitative estimate of drug-likeness (QED) is 0.721. The lowest BCUT2D eigenvalue weighted by molar-refractivity contribution is -0.142. The van der Waals surface area contributed by atoms with Gasteiger partial charge in [-0.25, -0.2) is 9.59 Å². The molecule has 0 fully saturated rings. The molecular weight excluding hydrogens is 310 g/mol. The van der Waals surface area contributed by atoms with Gasteiger partial charge in [0.15, 0.2) is 0 Å². The highest BCUT2D eigenvalue weighted by atomic mass is 16.5. The van der Waals surface area contributed by atoms with Gasteiger partial charge < -0.3 is 14.8 Å². The fourth-order valence-corrected chi connectivity index (χ4v) is 2.91. The van der Waals surface area contributed by atoms with E-state index in [2.05, 4.69) is 5.32 Å². The molecule has 1 rings (SSSR count). The Morgan fingerprint density at radius 3 is 2.08 bits per heavy atom. The van der Waals surface area contributed by atoms with Crippen molar-refractivity contribution in [3.05, 3.63) is 22.8 Å². The minimum absolute atomic E-state index is 0.0820. The first kappa shape index (κ1) is 19.9. The number of carbonyl (C=O) groups is 3. The Kier molecular flexibility index (Phi) is 7.68. The van der Waals surface area contributed by atoms with Crippen molar-refractivity contribution in [2.75, 3.05) is 13.2 Å². The molecule has 0 heterocycles. The van der Waals surface area contributed by atoms with Crippen molar-refractivity contribution < 1.29 is 23.9 Å². The number of amides is 1. The summed E-state index contributed by atoms with van der Waals surface area (Å²) >= 11 is 0. The highest BCUT2D eigenvalue weighted by molar-refractivity contribution is 6.05. The van der Waals surface area contributed by atoms with E-state index >= 15 is 0 Å². The van der Waals surface area contributed by atoms with Crippen molar-refractivity contribution in [2.24, 2.45) is 5.92 Å². The van der Waals surface area contributed by atoms with Crippen LogP contribution in [0.2, 0.25) is 0 Å². The largest absolute Gasteiger partial charge is 0.463 e. The molecule has 0 aromatic carbocycles. The normalized spacial score (nSPS) is 20.3. The summed E-state index contributed by atoms with van der Waals surface area (Å²) in [6.07, 6.45) is 3.25. The average molecular weight is 337 g/mol. The molecule has 0 unspecified atom stereocenters. The second kappa shape index (κ2) is 9.25. The third kappa shape index (κ3) is 4.46. The Morgan fingerprint density at radius 1 is 1.04 bits per heavy atom. The molecule has 134 valence electrons. The zero-order valence-electron chi connectivity index (χ0n) is 15.1. The number of hydrogen-bond acceptors (Lipinski definition) is 5. The highest BCUT2D eigenvalue weighted by Crippen LogP contribution is 2.34. The molecule has 2 atom stereocenters. The summed E-state index contributed by atoms with van der Waals surface area (Å²) in [5.74, 6) is -1.49. The van der Waals surface area contributed by atoms with Gasteiger partial charge in [0.05, 0.1) is 30.4 Å². The lowest BCUT2D eigenvalue weighted by Gasteiger charge is -2.32. The molecule has 1 aliphatic carbocycles. The van der Waals surface area contributed by atoms with Gasteiger partial charge in [-0.05, 0) is 32.3 Å². The van der Waals surface area contributed by atoms with Crippen LogP contribution in [0.3, 0.4) is 0 Å². The molecule has 0 radical (unpaired) electrons. The van der Waals surface area contributed by atoms with Crippen molar-refractivity contribution in [1.82, 2.24) is 5.32 Å². The standard InChI is InChI=1S/C18H27NO5/c1-6-12-10-13(7-2)16(19-11(5)20)15(18(22)24-9-4)14(12)17(21)23-8-3/h10,13,16H,6-9H2,1-5H3,(H,19,20)/t13-,16+/m0/s1. The fraction of sp³-hybridized carbons (Fsp3) is 0.611. The smallest absolute Gasteiger partial charge is 0.339 e. The molecule has 0 aliphatic heterocycles. The van der Waals surface area contributed by atoms with E-state index in [1.807, 2.05) is 19.9 Å². The van der Waals surface area contributed by atoms with Crippen LogP contribution < -0.4 is 5.32 Å². The van der Waals surface area contributed by atoms with Crippen LogP contribution in [-0.2, 0) is 23.9 Å². The van der Waals surface area contributed by atoms with E-state index in [0.717, 1.165) is 5.57 Å². The van der Waals surface area contributed by atoms with Gasteiger partial charge in [-0.2, -0.15) is 0 Å². The molecule has 0 saturated heterocycles. The Morgan fingerprint density at radius 2 is 1.62 bits per heavy atom. The zero-order chi connectivity index (χ0) is 18.3. The summed E-state index contributed by atoms with van der Waals surface area (Å²) in [6, 6.07) is -0.596. The Balaban J connectivity index is 3.54. The monoisotopic (exact) mass is 337 g/mol. The van der Waals surface area contributed by atoms with Gasteiger partial charge in [-0.1, -0.05) is 19.9 Å². The van der Waals surface area contributed by atoms with Crippen molar-refractivity contribution in [2.45, 2.75) is 53.5 Å². The molecule has 1 N–H and O–H groups in total. The molecule has 24 heavy (non-hydrogen) atoms. The first-order chi connectivity index (χ1) is 11.4. The topological polar surface area (TPSA) is 81.7 Å². The number of hydrogen-bond donors (Lipinski definition) is 1. The van der Waals surface area contributed by atoms with Crippen molar-refractivity contribution in [1.29, 1.82) is 0 Å². The SMILES string of the molecule is CCOC(=O)C1=C(C(=O)OCC)[C@H](NC(C)=O)[C@@H](CC)C=C1CC. The summed E-state index contributed by atoms with van der Waals surface area (Å²) in [6.45, 7) is 9.08. The van der Waals surface area contributed by atoms with Gasteiger partial charge in [0.25, 0.3) is 0 Å². The van der Waals surface area contributed by atoms with E-state index < -0.39 is 18.0 Å². The second-order valence-electron chi connectivity index (χ2n) is 5.53. The van der Waals surface area contributed by atoms with E-state index in [1.165, 1.54) is 6.92 Å². The van der Waals surface area contributed by atoms with Crippen molar-refractivity contribution in [3.63, 3.8) is 0 Å². The maximum atomic E-state index is 12.6. The molecule has 0 aromatic rings. The number of carbonyl (C=O) groups excluding carboxylic acids is 3. The summed E-state index contributed by atoms with van der Waals surface area (Å²) in [7, 11) is 0. The summed E-state index contributed by atoms with van der Waals surface area (Å²) in [4.78, 5) is 36.7. The van der Waals surface area contributed by atoms with Crippen LogP contribution in [0, 0.1) is 5.92 Å². The van der Waals surface area contributed by atoms with Crippen LogP contribution >= 0.6 is 0 Å². The average Bonchev–Trinajstić information content (AvgIpc) is 2.53. The second-order valence-corrected chi connectivity index (χ2v) is 5.53. The van der Waals surface area contributed by atoms with Gasteiger partial charge in [0.2, 0.25) is 5.91 Å². The molecule has 1 amide bonds. The summed E-state index contributed by atoms with van der Waals surface area (Å²) in [5, 5.41) is 2.79. The molecule has 6 nitrogen and oxygen atoms in total. The van der Waals surface area contributed by atoms with Crippen LogP contribution in [0.4, 0.5) is 0 Å². The molecule has 6 heteroatoms. The minimum Gasteiger partial charge on any atom is -0.463 e. The molecule has 0 spiro atoms. The Hall–Kier alpha value is -2.11. The van der Waals surface area contributed by atoms with Gasteiger partial charge in [-0.15, -0.1) is 0 Å². The maximum absolute atomic E-state index is 12.6. The predicted octanol–water partition coefficient (Wildman–Crippen LogP) is 2.29. The Labute approximate surface area is 143 Å². The van der Waals surface area contributed by atoms with Gasteiger partial charge in [-0.3, -0.25) is 4.79 Å². The lowest BCUT2D eigenvalue weighted by Crippen LogP contribution is -2.45. The van der Waals surface area contributed by atoms with Crippen LogP contribution in [0.25, 0.3) is 0 Å². The maximum Gasteiger partial charge on any atom is 0.339 e. The summed E-state index contributed by atoms with van der Waals surface area (Å²) in [5.41, 5.74) is 1.17. The Bertz CT molecular complexity index is 562. The minimum atomic E-state index is -0.596. The predicted molar refractivity (Wildman–Crippen MR) is 90.1 cm³/mol. The molecule has 0 bridgehead atoms. The third-order valence-electron chi connectivity index (χ3n) is 3.93. The van der Waals surface area contributed by atoms with Crippen LogP contribution in [0.1, 0.15) is 47.5 Å². The van der Waals surface area contributed by atoms with Crippen molar-refractivity contribution in [3.8, 4) is 0 Å². The summed E-state index contributed by atoms with van der Waals surface area (Å²) < 4.78 is 10.3. The highest BCUT2D eigenvalue weighted by Gasteiger charge is 2.38. The number of ether oxygens (including phenoxy) is 2. The van der Waals surface area contributed by atoms with Gasteiger partial charge in [0, 0.05) is 12.8 Å². The van der Waals surface area contributed by atoms with E-state index in [0.29, 0.717) is 12.8 Å². The molecule has 1 aliphatic rings. The number of rotatable bonds is 7. The van der Waals surface area contributed by atoms with E-state index in [-0.39, 0.29) is 36.2 Å². The van der Waals surface area contributed by atoms with Crippen LogP contribution in [0.15, 0.2) is 22.8 Å². The van der Waals surface area contributed by atoms with Gasteiger partial charge >= 0.3 is 11.9 Å². The fourth-order valence-electron chi connectivity index (χ4n) is 2.91. The molecule has 0 aromatic heterocycles. The number of esters is 2. The van der Waals surface area contributed by atoms with E-state index in [4.69, 9.17) is 9.47 Å². The molecular formula is C18H27NO5. The lowest BCUT2D eigenvalue weighted by atomic mass is 9.78. The zero-order valence-corrected chi connectivity index (χ0v) is 15.1. The third-order valence-corrected chi connectivity index (χ3v) is 3.93. The van der Waals surface area contributed by atoms with Crippen molar-refractivity contribution >= 4 is 17.8 Å². The van der Waals surface area contributed by atoms with E-state index in [9.17, 15) is 14.4 Å². The number of nitrogens with one attached hydrogen (secondary N) is 1. The first-order valence-corrected chi connectivity index (χ1v) is 8.47. The van der Waals surface area contributed by atoms with E-state index in [1.54, 1.807) is 13.8 Å². The van der Waals surface area contributed by atoms with Crippen LogP contribution in [-0.4, -0.2) is 37.1 Å². The van der Waals surface area contributed by atoms with Gasteiger partial charge in [0.1, 0.15) is 0 Å². The first-order valence-electron chi connectivity index (χ1n) is 8.47. The molecule has 0 saturated carbocycles. The van der Waals surface area contributed by atoms with Crippen LogP contribution in [0.5, 0.6) is 0 Å².